The molecule has 0 spiro atoms. The second-order valence-electron chi connectivity index (χ2n) is 7.72. The van der Waals surface area contributed by atoms with Gasteiger partial charge < -0.3 is 23.2 Å². The van der Waals surface area contributed by atoms with Crippen LogP contribution in [0, 0.1) is 0 Å². The molecule has 0 saturated carbocycles. The minimum absolute atomic E-state index is 0.00904. The molecule has 13 heteroatoms. The molecule has 2 heterocycles. The predicted molar refractivity (Wildman–Crippen MR) is 145 cm³/mol. The van der Waals surface area contributed by atoms with Crippen LogP contribution in [-0.4, -0.2) is 51.7 Å². The third-order valence-electron chi connectivity index (χ3n) is 5.30. The van der Waals surface area contributed by atoms with E-state index in [1.807, 2.05) is 6.07 Å². The maximum absolute atomic E-state index is 14.1. The maximum atomic E-state index is 14.1. The SMILES string of the molecule is CCOP(=O)(OCC)C(Cc1cnn(-c2ccc(Br)cn2)c1-c1ccccc1O)P(=O)(OCC)OCC. The summed E-state index contributed by atoms with van der Waals surface area (Å²) >= 11 is 3.38. The van der Waals surface area contributed by atoms with Gasteiger partial charge in [0.15, 0.2) is 11.2 Å². The first-order valence-electron chi connectivity index (χ1n) is 12.0. The molecule has 0 aliphatic rings. The van der Waals surface area contributed by atoms with Gasteiger partial charge in [-0.2, -0.15) is 5.10 Å². The van der Waals surface area contributed by atoms with E-state index in [1.54, 1.807) is 75.1 Å². The molecule has 0 atom stereocenters. The van der Waals surface area contributed by atoms with Gasteiger partial charge in [0, 0.05) is 28.2 Å². The van der Waals surface area contributed by atoms with Crippen LogP contribution in [0.4, 0.5) is 0 Å². The van der Waals surface area contributed by atoms with E-state index < -0.39 is 20.6 Å². The molecule has 3 rings (SSSR count). The predicted octanol–water partition coefficient (Wildman–Crippen LogP) is 6.80. The van der Waals surface area contributed by atoms with Crippen LogP contribution in [0.25, 0.3) is 17.1 Å². The maximum Gasteiger partial charge on any atom is 0.346 e. The summed E-state index contributed by atoms with van der Waals surface area (Å²) in [5.74, 6) is 0.495. The van der Waals surface area contributed by atoms with Crippen molar-refractivity contribution in [2.45, 2.75) is 39.5 Å². The van der Waals surface area contributed by atoms with Gasteiger partial charge in [0.25, 0.3) is 0 Å². The Morgan fingerprint density at radius 1 is 0.892 bits per heavy atom. The molecule has 0 unspecified atom stereocenters. The van der Waals surface area contributed by atoms with Crippen LogP contribution in [0.15, 0.2) is 53.3 Å². The quantitative estimate of drug-likeness (QED) is 0.195. The monoisotopic (exact) mass is 615 g/mol. The molecule has 0 aliphatic carbocycles. The molecule has 1 N–H and O–H groups in total. The fourth-order valence-electron chi connectivity index (χ4n) is 3.89. The van der Waals surface area contributed by atoms with Crippen LogP contribution < -0.4 is 0 Å². The summed E-state index contributed by atoms with van der Waals surface area (Å²) in [6.45, 7) is 7.00. The molecule has 10 nitrogen and oxygen atoms in total. The number of rotatable bonds is 14. The molecule has 2 aromatic heterocycles. The van der Waals surface area contributed by atoms with Crippen molar-refractivity contribution in [1.82, 2.24) is 14.8 Å². The molecule has 0 amide bonds. The summed E-state index contributed by atoms with van der Waals surface area (Å²) in [5.41, 5.74) is 1.47. The molecule has 0 aliphatic heterocycles. The fraction of sp³-hybridized carbons (Fsp3) is 0.417. The molecule has 3 aromatic rings. The number of hydrogen-bond acceptors (Lipinski definition) is 9. The summed E-state index contributed by atoms with van der Waals surface area (Å²) in [5, 5.41) is 14.0. The Labute approximate surface area is 225 Å². The number of halogens is 1. The molecule has 0 radical (unpaired) electrons. The van der Waals surface area contributed by atoms with E-state index in [0.29, 0.717) is 22.6 Å². The standard InChI is InChI=1S/C24H32BrN3O7P2/c1-5-32-36(30,33-6-2)23(37(31,34-7-3)35-8-4)15-18-16-27-28(22-14-13-19(25)17-26-22)24(18)20-11-9-10-12-21(20)29/h9-14,16-17,23,29H,5-8,15H2,1-4H3. The second kappa shape index (κ2) is 13.3. The van der Waals surface area contributed by atoms with Crippen molar-refractivity contribution >= 4 is 31.1 Å². The Bertz CT molecular complexity index is 1220. The topological polar surface area (TPSA) is 122 Å². The highest BCUT2D eigenvalue weighted by Crippen LogP contribution is 2.71. The van der Waals surface area contributed by atoms with Crippen LogP contribution in [0.1, 0.15) is 33.3 Å². The van der Waals surface area contributed by atoms with E-state index in [4.69, 9.17) is 18.1 Å². The Balaban J connectivity index is 2.25. The first kappa shape index (κ1) is 29.7. The molecule has 1 aromatic carbocycles. The van der Waals surface area contributed by atoms with Gasteiger partial charge >= 0.3 is 15.2 Å². The lowest BCUT2D eigenvalue weighted by Crippen LogP contribution is -2.20. The van der Waals surface area contributed by atoms with Crippen molar-refractivity contribution < 1.29 is 32.3 Å². The van der Waals surface area contributed by atoms with Gasteiger partial charge in [-0.3, -0.25) is 9.13 Å². The molecule has 202 valence electrons. The molecule has 0 saturated heterocycles. The number of benzene rings is 1. The average molecular weight is 616 g/mol. The van der Waals surface area contributed by atoms with Crippen molar-refractivity contribution in [2.24, 2.45) is 0 Å². The lowest BCUT2D eigenvalue weighted by atomic mass is 10.1. The highest BCUT2D eigenvalue weighted by Gasteiger charge is 2.51. The van der Waals surface area contributed by atoms with Crippen LogP contribution in [0.5, 0.6) is 5.75 Å². The molecule has 0 bridgehead atoms. The normalized spacial score (nSPS) is 12.4. The number of aromatic hydroxyl groups is 1. The number of phenols is 1. The fourth-order valence-corrected chi connectivity index (χ4v) is 9.43. The Morgan fingerprint density at radius 2 is 1.46 bits per heavy atom. The molecular weight excluding hydrogens is 584 g/mol. The zero-order valence-corrected chi connectivity index (χ0v) is 24.6. The lowest BCUT2D eigenvalue weighted by Gasteiger charge is -2.31. The van der Waals surface area contributed by atoms with E-state index in [-0.39, 0.29) is 38.6 Å². The average Bonchev–Trinajstić information content (AvgIpc) is 3.27. The highest BCUT2D eigenvalue weighted by atomic mass is 79.9. The van der Waals surface area contributed by atoms with Crippen LogP contribution in [0.3, 0.4) is 0 Å². The van der Waals surface area contributed by atoms with Crippen molar-refractivity contribution in [1.29, 1.82) is 0 Å². The van der Waals surface area contributed by atoms with E-state index in [2.05, 4.69) is 26.0 Å². The number of nitrogens with zero attached hydrogens (tertiary/aromatic N) is 3. The highest BCUT2D eigenvalue weighted by molar-refractivity contribution is 9.10. The van der Waals surface area contributed by atoms with E-state index in [9.17, 15) is 14.2 Å². The van der Waals surface area contributed by atoms with E-state index in [1.165, 1.54) is 0 Å². The second-order valence-corrected chi connectivity index (χ2v) is 13.5. The number of para-hydroxylation sites is 1. The van der Waals surface area contributed by atoms with Gasteiger partial charge in [0.1, 0.15) is 5.75 Å². The first-order valence-corrected chi connectivity index (χ1v) is 16.0. The van der Waals surface area contributed by atoms with Gasteiger partial charge in [-0.15, -0.1) is 0 Å². The summed E-state index contributed by atoms with van der Waals surface area (Å²) in [4.78, 5) is 4.44. The van der Waals surface area contributed by atoms with E-state index >= 15 is 0 Å². The number of pyridine rings is 1. The number of hydrogen-bond donors (Lipinski definition) is 1. The summed E-state index contributed by atoms with van der Waals surface area (Å²) < 4.78 is 53.0. The third kappa shape index (κ3) is 6.79. The van der Waals surface area contributed by atoms with Gasteiger partial charge in [0.05, 0.1) is 38.3 Å². The van der Waals surface area contributed by atoms with E-state index in [0.717, 1.165) is 4.47 Å². The third-order valence-corrected chi connectivity index (χ3v) is 11.8. The zero-order chi connectivity index (χ0) is 27.1. The van der Waals surface area contributed by atoms with Crippen molar-refractivity contribution in [3.05, 3.63) is 58.8 Å². The Kier molecular flexibility index (Phi) is 10.7. The van der Waals surface area contributed by atoms with Gasteiger partial charge in [-0.1, -0.05) is 12.1 Å². The minimum Gasteiger partial charge on any atom is -0.507 e. The van der Waals surface area contributed by atoms with Gasteiger partial charge in [0.2, 0.25) is 0 Å². The van der Waals surface area contributed by atoms with Crippen LogP contribution in [0.2, 0.25) is 0 Å². The van der Waals surface area contributed by atoms with Crippen LogP contribution >= 0.6 is 31.1 Å². The number of aromatic nitrogens is 3. The largest absolute Gasteiger partial charge is 0.507 e. The summed E-state index contributed by atoms with van der Waals surface area (Å²) in [7, 11) is -8.01. The van der Waals surface area contributed by atoms with Gasteiger partial charge in [-0.25, -0.2) is 9.67 Å². The Hall–Kier alpha value is -1.84. The van der Waals surface area contributed by atoms with Crippen molar-refractivity contribution in [3.63, 3.8) is 0 Å². The molecule has 0 fully saturated rings. The Morgan fingerprint density at radius 3 is 1.95 bits per heavy atom. The molecule has 37 heavy (non-hydrogen) atoms. The zero-order valence-electron chi connectivity index (χ0n) is 21.2. The van der Waals surface area contributed by atoms with Crippen LogP contribution in [-0.2, 0) is 33.6 Å². The summed E-state index contributed by atoms with van der Waals surface area (Å²) in [6, 6.07) is 10.3. The first-order chi connectivity index (χ1) is 17.7. The number of phenolic OH excluding ortho intramolecular Hbond substituents is 1. The lowest BCUT2D eigenvalue weighted by molar-refractivity contribution is 0.195. The molecular formula is C24H32BrN3O7P2. The van der Waals surface area contributed by atoms with Crippen molar-refractivity contribution in [2.75, 3.05) is 26.4 Å². The summed E-state index contributed by atoms with van der Waals surface area (Å²) in [6.07, 6.45) is 3.10. The smallest absolute Gasteiger partial charge is 0.346 e. The van der Waals surface area contributed by atoms with Crippen molar-refractivity contribution in [3.8, 4) is 22.8 Å². The minimum atomic E-state index is -4.00. The van der Waals surface area contributed by atoms with Gasteiger partial charge in [-0.05, 0) is 67.9 Å².